The molecular weight excluding hydrogens is 1460 g/mol. The summed E-state index contributed by atoms with van der Waals surface area (Å²) in [5.41, 5.74) is 24.1. The monoisotopic (exact) mass is 1590 g/mol. The molecule has 4 nitrogen and oxygen atoms in total. The number of rotatable bonds is 9. The molecule has 0 saturated heterocycles. The van der Waals surface area contributed by atoms with Crippen molar-refractivity contribution in [1.29, 1.82) is 0 Å². The zero-order chi connectivity index (χ0) is 96.8. The van der Waals surface area contributed by atoms with E-state index in [2.05, 4.69) is 369 Å². The van der Waals surface area contributed by atoms with Crippen molar-refractivity contribution in [3.05, 3.63) is 329 Å². The van der Waals surface area contributed by atoms with Crippen LogP contribution in [0.15, 0.2) is 285 Å². The Kier molecular flexibility index (Phi) is 15.6. The number of hydrogen-bond donors (Lipinski definition) is 0. The molecule has 0 N–H and O–H groups in total. The SMILES string of the molecule is [2H]c1c([2H])c([2H])c(-c2ccc3c(c2)N(c2c(-c4ccc(C(C)(C)C)cc4)cccc2-c2cc(C(C)(C)C)cc(C(C)(C)C)c2)c2cc(-n4c5ccc(C(C)(C)C)cc5c5cc(C(C)(C)C)ccc54)cc4c2B3c2ccc(-n3c5c([2H])c([2H])c([2H])c([2H])c5c5c([2H])c([2H])c([2H])c([2H])c53)cc2N4c2c(-c3ccc(C(C)(C)C)cc3)cccc2-c2c(C(C)(C)C)cccc2C(C)(C)C)c([2H])c1[2H]. The number of nitrogens with zero attached hydrogens (tertiary/aromatic N) is 4. The average molecular weight is 1590 g/mol. The predicted octanol–water partition coefficient (Wildman–Crippen LogP) is 30.7. The lowest BCUT2D eigenvalue weighted by Gasteiger charge is -2.46. The van der Waals surface area contributed by atoms with Crippen molar-refractivity contribution in [1.82, 2.24) is 9.13 Å². The first-order valence-electron chi connectivity index (χ1n) is 49.5. The molecule has 14 aromatic carbocycles. The van der Waals surface area contributed by atoms with E-state index in [1.54, 1.807) is 4.57 Å². The molecule has 0 radical (unpaired) electrons. The summed E-state index contributed by atoms with van der Waals surface area (Å²) in [6.45, 7) is 53.4. The first-order chi connectivity index (χ1) is 62.5. The van der Waals surface area contributed by atoms with E-state index in [0.717, 1.165) is 156 Å². The first kappa shape index (κ1) is 66.1. The van der Waals surface area contributed by atoms with Crippen molar-refractivity contribution in [3.8, 4) is 67.0 Å². The van der Waals surface area contributed by atoms with Crippen LogP contribution in [0, 0.1) is 0 Å². The molecule has 2 aliphatic rings. The Bertz CT molecular complexity index is 7420. The number of aromatic nitrogens is 2. The molecule has 0 unspecified atom stereocenters. The van der Waals surface area contributed by atoms with Gasteiger partial charge in [0.1, 0.15) is 0 Å². The summed E-state index contributed by atoms with van der Waals surface area (Å²) < 4.78 is 130. The second-order valence-corrected chi connectivity index (χ2v) is 42.2. The van der Waals surface area contributed by atoms with Gasteiger partial charge < -0.3 is 18.9 Å². The zero-order valence-corrected chi connectivity index (χ0v) is 75.0. The number of fused-ring (bicyclic) bond motifs is 10. The van der Waals surface area contributed by atoms with Crippen LogP contribution >= 0.6 is 0 Å². The van der Waals surface area contributed by atoms with E-state index in [0.29, 0.717) is 22.6 Å². The summed E-state index contributed by atoms with van der Waals surface area (Å²) in [5.74, 6) is 0. The largest absolute Gasteiger partial charge is 0.310 e. The highest BCUT2D eigenvalue weighted by atomic mass is 15.2. The lowest BCUT2D eigenvalue weighted by atomic mass is 9.33. The highest BCUT2D eigenvalue weighted by molar-refractivity contribution is 7.00. The highest BCUT2D eigenvalue weighted by Gasteiger charge is 2.47. The molecule has 0 aliphatic carbocycles. The van der Waals surface area contributed by atoms with Crippen molar-refractivity contribution < 1.29 is 17.8 Å². The van der Waals surface area contributed by atoms with Crippen molar-refractivity contribution in [2.75, 3.05) is 9.80 Å². The second-order valence-electron chi connectivity index (χ2n) is 42.2. The van der Waals surface area contributed by atoms with Crippen LogP contribution in [-0.2, 0) is 43.3 Å². The molecule has 0 saturated carbocycles. The summed E-state index contributed by atoms with van der Waals surface area (Å²) in [5, 5.41) is 2.01. The van der Waals surface area contributed by atoms with E-state index in [-0.39, 0.29) is 71.9 Å². The standard InChI is InChI=1S/C116H119BN4/c1-109(2,3)77-52-47-73(48-53-77)85-39-32-41-87(76-63-81(113(13,14)15)66-82(64-76)114(16,17)18)107(85)120-101-65-75(72-35-26-25-27-36-72)51-59-95(101)117-96-60-58-83(118-97-45-30-28-37-88(97)89-38-29-31-46-98(89)118)69-102(96)121(104-71-84(70-103(120)106(104)117)119-99-61-56-79(111(7,8)9)67-91(99)92-68-80(112(10,11)12)57-62-100(92)119)108-86(74-49-54-78(55-50-74)110(4,5)6)40-33-42-90(108)105-93(115(19,20)21)43-34-44-94(105)116(22,23)24/h25-71H,1-24H3/i25D,26D,27D,28D,29D,30D,31D,35D,36D,37D,38D,45D,46D. The highest BCUT2D eigenvalue weighted by Crippen LogP contribution is 2.57. The molecule has 606 valence electrons. The number of benzene rings is 14. The van der Waals surface area contributed by atoms with Gasteiger partial charge >= 0.3 is 0 Å². The maximum absolute atomic E-state index is 10.1. The molecule has 0 fully saturated rings. The molecule has 0 atom stereocenters. The Labute approximate surface area is 739 Å². The molecule has 0 bridgehead atoms. The zero-order valence-electron chi connectivity index (χ0n) is 88.0. The maximum atomic E-state index is 10.1. The summed E-state index contributed by atoms with van der Waals surface area (Å²) in [6.07, 6.45) is 0. The van der Waals surface area contributed by atoms with Gasteiger partial charge in [0.15, 0.2) is 0 Å². The lowest BCUT2D eigenvalue weighted by Crippen LogP contribution is -2.61. The van der Waals surface area contributed by atoms with Gasteiger partial charge in [-0.1, -0.05) is 384 Å². The molecule has 2 aliphatic heterocycles. The van der Waals surface area contributed by atoms with Crippen molar-refractivity contribution in [3.63, 3.8) is 0 Å². The van der Waals surface area contributed by atoms with E-state index in [4.69, 9.17) is 1.37 Å². The first-order valence-corrected chi connectivity index (χ1v) is 43.0. The molecule has 18 rings (SSSR count). The molecule has 0 spiro atoms. The van der Waals surface area contributed by atoms with Gasteiger partial charge in [-0.25, -0.2) is 0 Å². The van der Waals surface area contributed by atoms with Crippen LogP contribution in [0.2, 0.25) is 0 Å². The quantitative estimate of drug-likeness (QED) is 0.134. The average Bonchev–Trinajstić information content (AvgIpc) is 1.12. The maximum Gasteiger partial charge on any atom is 0.252 e. The molecular formula is C116H119BN4. The second kappa shape index (κ2) is 28.5. The predicted molar refractivity (Wildman–Crippen MR) is 526 cm³/mol. The fourth-order valence-electron chi connectivity index (χ4n) is 18.7. The third kappa shape index (κ3) is 14.0. The van der Waals surface area contributed by atoms with E-state index in [1.807, 2.05) is 18.2 Å². The van der Waals surface area contributed by atoms with Crippen LogP contribution < -0.4 is 26.2 Å². The van der Waals surface area contributed by atoms with Crippen molar-refractivity contribution >= 4 is 101 Å². The fourth-order valence-corrected chi connectivity index (χ4v) is 18.7. The Hall–Kier alpha value is -11.7. The number of anilines is 6. The molecule has 16 aromatic rings. The van der Waals surface area contributed by atoms with Crippen LogP contribution in [0.25, 0.3) is 111 Å². The van der Waals surface area contributed by atoms with Crippen LogP contribution in [0.4, 0.5) is 34.1 Å². The normalized spacial score (nSPS) is 15.1. The Morgan fingerprint density at radius 3 is 1.07 bits per heavy atom. The third-order valence-corrected chi connectivity index (χ3v) is 25.4. The van der Waals surface area contributed by atoms with Gasteiger partial charge in [0, 0.05) is 72.2 Å². The minimum absolute atomic E-state index is 0.0271. The molecule has 5 heteroatoms. The summed E-state index contributed by atoms with van der Waals surface area (Å²) >= 11 is 0. The van der Waals surface area contributed by atoms with Gasteiger partial charge in [0.25, 0.3) is 6.71 Å². The molecule has 121 heavy (non-hydrogen) atoms. The molecule has 4 heterocycles. The van der Waals surface area contributed by atoms with Crippen LogP contribution in [0.3, 0.4) is 0 Å². The Morgan fingerprint density at radius 1 is 0.248 bits per heavy atom. The Balaban J connectivity index is 1.13. The van der Waals surface area contributed by atoms with E-state index < -0.39 is 84.0 Å². The summed E-state index contributed by atoms with van der Waals surface area (Å²) in [4.78, 5) is 4.90. The van der Waals surface area contributed by atoms with Gasteiger partial charge in [0.2, 0.25) is 0 Å². The summed E-state index contributed by atoms with van der Waals surface area (Å²) in [7, 11) is 0. The topological polar surface area (TPSA) is 16.3 Å². The number of hydrogen-bond acceptors (Lipinski definition) is 2. The minimum atomic E-state index is -0.781. The summed E-state index contributed by atoms with van der Waals surface area (Å²) in [6, 6.07) is 69.6. The van der Waals surface area contributed by atoms with Crippen LogP contribution in [-0.4, -0.2) is 15.8 Å². The van der Waals surface area contributed by atoms with E-state index >= 15 is 0 Å². The third-order valence-electron chi connectivity index (χ3n) is 25.4. The van der Waals surface area contributed by atoms with Gasteiger partial charge in [-0.3, -0.25) is 0 Å². The van der Waals surface area contributed by atoms with Gasteiger partial charge in [-0.05, 0) is 204 Å². The minimum Gasteiger partial charge on any atom is -0.310 e. The molecule has 0 amide bonds. The van der Waals surface area contributed by atoms with E-state index in [1.165, 1.54) is 0 Å². The van der Waals surface area contributed by atoms with Crippen LogP contribution in [0.1, 0.15) is 228 Å². The number of para-hydroxylation sites is 4. The van der Waals surface area contributed by atoms with Gasteiger partial charge in [-0.2, -0.15) is 0 Å². The van der Waals surface area contributed by atoms with Crippen molar-refractivity contribution in [2.45, 2.75) is 209 Å². The van der Waals surface area contributed by atoms with Crippen molar-refractivity contribution in [2.24, 2.45) is 0 Å². The smallest absolute Gasteiger partial charge is 0.252 e. The fraction of sp³-hybridized carbons (Fsp3) is 0.276. The lowest BCUT2D eigenvalue weighted by molar-refractivity contribution is 0.569. The van der Waals surface area contributed by atoms with E-state index in [9.17, 15) is 16.4 Å². The van der Waals surface area contributed by atoms with Crippen LogP contribution in [0.5, 0.6) is 0 Å². The van der Waals surface area contributed by atoms with Gasteiger partial charge in [-0.15, -0.1) is 0 Å². The Morgan fingerprint density at radius 2 is 0.620 bits per heavy atom. The van der Waals surface area contributed by atoms with Gasteiger partial charge in [0.05, 0.1) is 56.9 Å². The molecule has 2 aromatic heterocycles.